The Labute approximate surface area is 175 Å². The van der Waals surface area contributed by atoms with Gasteiger partial charge < -0.3 is 15.6 Å². The monoisotopic (exact) mass is 428 g/mol. The van der Waals surface area contributed by atoms with E-state index in [0.29, 0.717) is 29.5 Å². The molecule has 0 aliphatic rings. The lowest BCUT2D eigenvalue weighted by Crippen LogP contribution is -2.13. The minimum absolute atomic E-state index is 0.225. The number of hydrogen-bond donors (Lipinski definition) is 2. The van der Waals surface area contributed by atoms with Crippen LogP contribution in [0.2, 0.25) is 0 Å². The van der Waals surface area contributed by atoms with Gasteiger partial charge in [-0.25, -0.2) is 0 Å². The number of nitrogen functional groups attached to an aromatic ring is 1. The third kappa shape index (κ3) is 5.36. The Morgan fingerprint density at radius 3 is 2.55 bits per heavy atom. The van der Waals surface area contributed by atoms with E-state index in [1.165, 1.54) is 0 Å². The van der Waals surface area contributed by atoms with E-state index in [0.717, 1.165) is 16.0 Å². The molecule has 0 aliphatic carbocycles. The summed E-state index contributed by atoms with van der Waals surface area (Å²) in [4.78, 5) is 13.8. The lowest BCUT2D eigenvalue weighted by atomic mass is 10.0. The van der Waals surface area contributed by atoms with E-state index in [1.54, 1.807) is 29.5 Å². The first-order chi connectivity index (χ1) is 14.0. The van der Waals surface area contributed by atoms with Gasteiger partial charge in [-0.3, -0.25) is 9.36 Å². The summed E-state index contributed by atoms with van der Waals surface area (Å²) in [6.07, 6.45) is 1.01. The number of benzene rings is 2. The lowest BCUT2D eigenvalue weighted by molar-refractivity contribution is 0.102. The van der Waals surface area contributed by atoms with Crippen molar-refractivity contribution >= 4 is 36.6 Å². The second-order valence-electron chi connectivity index (χ2n) is 6.60. The van der Waals surface area contributed by atoms with E-state index in [9.17, 15) is 9.36 Å². The van der Waals surface area contributed by atoms with Gasteiger partial charge in [-0.2, -0.15) is 0 Å². The largest absolute Gasteiger partial charge is 0.397 e. The quantitative estimate of drug-likeness (QED) is 0.330. The van der Waals surface area contributed by atoms with Gasteiger partial charge in [0.15, 0.2) is 8.03 Å². The molecule has 29 heavy (non-hydrogen) atoms. The molecule has 0 fully saturated rings. The van der Waals surface area contributed by atoms with Gasteiger partial charge in [-0.1, -0.05) is 38.1 Å². The average Bonchev–Trinajstić information content (AvgIpc) is 3.28. The van der Waals surface area contributed by atoms with Crippen LogP contribution in [0.3, 0.4) is 0 Å². The lowest BCUT2D eigenvalue weighted by Gasteiger charge is -2.16. The maximum atomic E-state index is 12.7. The van der Waals surface area contributed by atoms with Crippen molar-refractivity contribution in [3.63, 3.8) is 0 Å². The highest BCUT2D eigenvalue weighted by Crippen LogP contribution is 2.34. The van der Waals surface area contributed by atoms with Crippen LogP contribution in [-0.4, -0.2) is 12.1 Å². The number of nitrogens with one attached hydrogen (secondary N) is 1. The Kier molecular flexibility index (Phi) is 7.26. The average molecular weight is 428 g/mol. The Morgan fingerprint density at radius 1 is 1.17 bits per heavy atom. The van der Waals surface area contributed by atoms with Crippen LogP contribution in [0.15, 0.2) is 60.0 Å². The Bertz CT molecular complexity index is 988. The van der Waals surface area contributed by atoms with Gasteiger partial charge in [0, 0.05) is 16.6 Å². The molecule has 0 bridgehead atoms. The molecule has 1 amide bonds. The van der Waals surface area contributed by atoms with E-state index in [4.69, 9.17) is 10.3 Å². The van der Waals surface area contributed by atoms with E-state index >= 15 is 0 Å². The van der Waals surface area contributed by atoms with E-state index in [-0.39, 0.29) is 12.0 Å². The molecule has 152 valence electrons. The maximum Gasteiger partial charge on any atom is 0.255 e. The molecule has 1 heterocycles. The summed E-state index contributed by atoms with van der Waals surface area (Å²) in [5.41, 5.74) is 9.60. The van der Waals surface area contributed by atoms with E-state index in [1.807, 2.05) is 55.6 Å². The molecule has 0 saturated carbocycles. The first-order valence-electron chi connectivity index (χ1n) is 9.56. The molecule has 5 nitrogen and oxygen atoms in total. The van der Waals surface area contributed by atoms with Crippen molar-refractivity contribution in [1.82, 2.24) is 0 Å². The van der Waals surface area contributed by atoms with Crippen molar-refractivity contribution in [3.8, 4) is 10.4 Å². The van der Waals surface area contributed by atoms with Gasteiger partial charge in [-0.15, -0.1) is 11.3 Å². The molecule has 0 spiro atoms. The predicted molar refractivity (Wildman–Crippen MR) is 122 cm³/mol. The predicted octanol–water partition coefficient (Wildman–Crippen LogP) is 6.21. The van der Waals surface area contributed by atoms with Crippen molar-refractivity contribution in [2.45, 2.75) is 26.4 Å². The molecule has 3 rings (SSSR count). The molecule has 0 saturated heterocycles. The van der Waals surface area contributed by atoms with Crippen molar-refractivity contribution in [1.29, 1.82) is 0 Å². The summed E-state index contributed by atoms with van der Waals surface area (Å²) in [6.45, 7) is 3.83. The second kappa shape index (κ2) is 9.88. The summed E-state index contributed by atoms with van der Waals surface area (Å²) in [6, 6.07) is 16.8. The number of nitrogens with two attached hydrogens (primary N) is 1. The molecule has 2 unspecified atom stereocenters. The highest BCUT2D eigenvalue weighted by molar-refractivity contribution is 7.39. The minimum Gasteiger partial charge on any atom is -0.397 e. The zero-order chi connectivity index (χ0) is 20.8. The standard InChI is InChI=1S/C22H25N2O3PS/c1-3-20(27-28(26)4-2)15-7-9-16(10-8-15)22(25)24-19-14-17(11-12-18(19)23)21-6-5-13-29-21/h5-14,20,28H,3-4,23H2,1-2H3,(H,24,25). The molecular weight excluding hydrogens is 403 g/mol. The van der Waals surface area contributed by atoms with Crippen LogP contribution in [0.25, 0.3) is 10.4 Å². The maximum absolute atomic E-state index is 12.7. The number of carbonyl (C=O) groups excluding carboxylic acids is 1. The summed E-state index contributed by atoms with van der Waals surface area (Å²) >= 11 is 1.63. The molecule has 2 aromatic carbocycles. The molecule has 2 atom stereocenters. The summed E-state index contributed by atoms with van der Waals surface area (Å²) in [7, 11) is -2.02. The Hall–Kier alpha value is -2.40. The molecule has 1 aromatic heterocycles. The fourth-order valence-corrected chi connectivity index (χ4v) is 4.44. The van der Waals surface area contributed by atoms with Crippen LogP contribution in [0, 0.1) is 0 Å². The Balaban J connectivity index is 1.74. The number of anilines is 2. The number of thiophene rings is 1. The molecule has 0 aliphatic heterocycles. The van der Waals surface area contributed by atoms with Crippen LogP contribution >= 0.6 is 19.4 Å². The number of hydrogen-bond acceptors (Lipinski definition) is 5. The smallest absolute Gasteiger partial charge is 0.255 e. The third-order valence-electron chi connectivity index (χ3n) is 4.59. The SMILES string of the molecule is CCC(O[PH](=O)CC)c1ccc(C(=O)Nc2cc(-c3cccs3)ccc2N)cc1. The van der Waals surface area contributed by atoms with Crippen LogP contribution in [0.1, 0.15) is 42.3 Å². The van der Waals surface area contributed by atoms with Crippen LogP contribution in [0.5, 0.6) is 0 Å². The minimum atomic E-state index is -2.02. The molecule has 0 radical (unpaired) electrons. The van der Waals surface area contributed by atoms with Gasteiger partial charge >= 0.3 is 0 Å². The summed E-state index contributed by atoms with van der Waals surface area (Å²) < 4.78 is 17.4. The van der Waals surface area contributed by atoms with Crippen LogP contribution in [0.4, 0.5) is 11.4 Å². The fourth-order valence-electron chi connectivity index (χ4n) is 2.93. The van der Waals surface area contributed by atoms with Crippen LogP contribution in [-0.2, 0) is 9.09 Å². The highest BCUT2D eigenvalue weighted by Gasteiger charge is 2.14. The second-order valence-corrected chi connectivity index (χ2v) is 9.23. The van der Waals surface area contributed by atoms with Crippen molar-refractivity contribution in [2.24, 2.45) is 0 Å². The summed E-state index contributed by atoms with van der Waals surface area (Å²) in [5.74, 6) is -0.234. The first-order valence-corrected chi connectivity index (χ1v) is 12.0. The van der Waals surface area contributed by atoms with Crippen molar-refractivity contribution in [3.05, 3.63) is 71.1 Å². The van der Waals surface area contributed by atoms with E-state index < -0.39 is 8.03 Å². The van der Waals surface area contributed by atoms with Crippen molar-refractivity contribution in [2.75, 3.05) is 17.2 Å². The number of carbonyl (C=O) groups is 1. The molecule has 3 aromatic rings. The van der Waals surface area contributed by atoms with Gasteiger partial charge in [0.2, 0.25) is 0 Å². The van der Waals surface area contributed by atoms with Crippen LogP contribution < -0.4 is 11.1 Å². The van der Waals surface area contributed by atoms with Gasteiger partial charge in [-0.05, 0) is 53.3 Å². The van der Waals surface area contributed by atoms with Gasteiger partial charge in [0.1, 0.15) is 0 Å². The van der Waals surface area contributed by atoms with Crippen molar-refractivity contribution < 1.29 is 13.9 Å². The number of rotatable bonds is 8. The zero-order valence-corrected chi connectivity index (χ0v) is 18.3. The summed E-state index contributed by atoms with van der Waals surface area (Å²) in [5, 5.41) is 4.91. The highest BCUT2D eigenvalue weighted by atomic mass is 32.1. The molecular formula is C22H25N2O3PS. The van der Waals surface area contributed by atoms with E-state index in [2.05, 4.69) is 5.32 Å². The first kappa shape index (κ1) is 21.3. The number of amides is 1. The Morgan fingerprint density at radius 2 is 1.93 bits per heavy atom. The normalized spacial score (nSPS) is 13.0. The molecule has 3 N–H and O–H groups in total. The topological polar surface area (TPSA) is 81.4 Å². The molecule has 7 heteroatoms. The van der Waals surface area contributed by atoms with Gasteiger partial charge in [0.05, 0.1) is 17.5 Å². The third-order valence-corrected chi connectivity index (χ3v) is 6.63. The fraction of sp³-hybridized carbons (Fsp3) is 0.227. The van der Waals surface area contributed by atoms with Gasteiger partial charge in [0.25, 0.3) is 5.91 Å². The zero-order valence-electron chi connectivity index (χ0n) is 16.5.